The summed E-state index contributed by atoms with van der Waals surface area (Å²) in [5.74, 6) is -1.05. The van der Waals surface area contributed by atoms with Gasteiger partial charge in [0, 0.05) is 4.47 Å². The molecular weight excluding hydrogens is 348 g/mol. The Balaban J connectivity index is 2.06. The summed E-state index contributed by atoms with van der Waals surface area (Å²) in [5.41, 5.74) is -0.817. The van der Waals surface area contributed by atoms with Gasteiger partial charge in [-0.1, -0.05) is 27.5 Å². The minimum absolute atomic E-state index is 0.0221. The van der Waals surface area contributed by atoms with Crippen LogP contribution in [0.3, 0.4) is 0 Å². The Labute approximate surface area is 129 Å². The highest BCUT2D eigenvalue weighted by atomic mass is 79.9. The van der Waals surface area contributed by atoms with Gasteiger partial charge in [0.15, 0.2) is 0 Å². The van der Waals surface area contributed by atoms with Crippen LogP contribution in [0.4, 0.5) is 10.5 Å². The Kier molecular flexibility index (Phi) is 4.25. The second kappa shape index (κ2) is 5.61. The molecule has 108 valence electrons. The topological polar surface area (TPSA) is 78.4 Å². The van der Waals surface area contributed by atoms with Crippen molar-refractivity contribution in [2.45, 2.75) is 25.3 Å². The van der Waals surface area contributed by atoms with Crippen LogP contribution in [0.1, 0.15) is 19.8 Å². The van der Waals surface area contributed by atoms with E-state index in [-0.39, 0.29) is 5.92 Å². The molecule has 0 radical (unpaired) electrons. The van der Waals surface area contributed by atoms with Gasteiger partial charge in [0.25, 0.3) is 0 Å². The second-order valence-electron chi connectivity index (χ2n) is 4.99. The number of amides is 2. The average molecular weight is 362 g/mol. The molecule has 20 heavy (non-hydrogen) atoms. The number of benzene rings is 1. The molecule has 0 heterocycles. The summed E-state index contributed by atoms with van der Waals surface area (Å²) in [7, 11) is 0. The molecule has 0 aliphatic heterocycles. The summed E-state index contributed by atoms with van der Waals surface area (Å²) in [6, 6.07) is 4.44. The summed E-state index contributed by atoms with van der Waals surface area (Å²) < 4.78 is 0.793. The van der Waals surface area contributed by atoms with Gasteiger partial charge in [-0.05, 0) is 43.9 Å². The first-order valence-corrected chi connectivity index (χ1v) is 7.27. The smallest absolute Gasteiger partial charge is 0.329 e. The molecule has 3 N–H and O–H groups in total. The molecule has 1 unspecified atom stereocenters. The zero-order chi connectivity index (χ0) is 14.9. The number of aliphatic carboxylic acids is 1. The van der Waals surface area contributed by atoms with Crippen LogP contribution in [0.15, 0.2) is 22.7 Å². The van der Waals surface area contributed by atoms with Crippen LogP contribution < -0.4 is 10.6 Å². The van der Waals surface area contributed by atoms with E-state index in [0.29, 0.717) is 10.7 Å². The number of urea groups is 1. The van der Waals surface area contributed by atoms with E-state index < -0.39 is 17.5 Å². The van der Waals surface area contributed by atoms with Gasteiger partial charge in [-0.25, -0.2) is 9.59 Å². The first-order valence-electron chi connectivity index (χ1n) is 6.10. The van der Waals surface area contributed by atoms with E-state index in [2.05, 4.69) is 26.6 Å². The molecule has 7 heteroatoms. The van der Waals surface area contributed by atoms with Crippen molar-refractivity contribution < 1.29 is 14.7 Å². The van der Waals surface area contributed by atoms with Crippen LogP contribution in [0, 0.1) is 5.92 Å². The Bertz CT molecular complexity index is 563. The number of carbonyl (C=O) groups excluding carboxylic acids is 1. The van der Waals surface area contributed by atoms with Crippen LogP contribution in [-0.4, -0.2) is 22.6 Å². The molecule has 0 saturated heterocycles. The fourth-order valence-corrected chi connectivity index (χ4v) is 2.69. The molecule has 0 spiro atoms. The fraction of sp³-hybridized carbons (Fsp3) is 0.385. The van der Waals surface area contributed by atoms with E-state index in [9.17, 15) is 14.7 Å². The molecule has 1 aliphatic carbocycles. The first kappa shape index (κ1) is 15.1. The van der Waals surface area contributed by atoms with Crippen molar-refractivity contribution in [3.8, 4) is 0 Å². The van der Waals surface area contributed by atoms with Gasteiger partial charge in [0.2, 0.25) is 0 Å². The van der Waals surface area contributed by atoms with E-state index in [4.69, 9.17) is 11.6 Å². The Morgan fingerprint density at radius 1 is 1.45 bits per heavy atom. The van der Waals surface area contributed by atoms with Gasteiger partial charge in [0.1, 0.15) is 5.54 Å². The van der Waals surface area contributed by atoms with Crippen LogP contribution in [0.2, 0.25) is 5.02 Å². The van der Waals surface area contributed by atoms with Crippen LogP contribution >= 0.6 is 27.5 Å². The van der Waals surface area contributed by atoms with E-state index in [1.165, 1.54) is 6.92 Å². The average Bonchev–Trinajstić information content (AvgIpc) is 3.16. The summed E-state index contributed by atoms with van der Waals surface area (Å²) in [5, 5.41) is 14.7. The second-order valence-corrected chi connectivity index (χ2v) is 6.31. The predicted octanol–water partition coefficient (Wildman–Crippen LogP) is 3.48. The summed E-state index contributed by atoms with van der Waals surface area (Å²) in [6.07, 6.45) is 1.62. The van der Waals surface area contributed by atoms with Gasteiger partial charge >= 0.3 is 12.0 Å². The highest BCUT2D eigenvalue weighted by molar-refractivity contribution is 9.10. The van der Waals surface area contributed by atoms with E-state index in [1.807, 2.05) is 0 Å². The Hall–Kier alpha value is -1.27. The van der Waals surface area contributed by atoms with Crippen molar-refractivity contribution in [2.75, 3.05) is 5.32 Å². The fourth-order valence-electron chi connectivity index (χ4n) is 1.97. The third-order valence-electron chi connectivity index (χ3n) is 3.39. The third kappa shape index (κ3) is 3.24. The maximum atomic E-state index is 11.9. The number of anilines is 1. The maximum absolute atomic E-state index is 11.9. The summed E-state index contributed by atoms with van der Waals surface area (Å²) >= 11 is 9.26. The van der Waals surface area contributed by atoms with Crippen molar-refractivity contribution in [3.05, 3.63) is 27.7 Å². The van der Waals surface area contributed by atoms with Crippen molar-refractivity contribution in [1.82, 2.24) is 5.32 Å². The van der Waals surface area contributed by atoms with Gasteiger partial charge in [-0.2, -0.15) is 0 Å². The molecule has 2 amide bonds. The molecule has 2 rings (SSSR count). The molecule has 1 fully saturated rings. The molecule has 1 atom stereocenters. The zero-order valence-corrected chi connectivity index (χ0v) is 13.1. The van der Waals surface area contributed by atoms with Crippen molar-refractivity contribution in [2.24, 2.45) is 5.92 Å². The number of nitrogens with one attached hydrogen (secondary N) is 2. The highest BCUT2D eigenvalue weighted by Gasteiger charge is 2.48. The Morgan fingerprint density at radius 3 is 2.60 bits per heavy atom. The molecule has 5 nitrogen and oxygen atoms in total. The van der Waals surface area contributed by atoms with Crippen molar-refractivity contribution >= 4 is 45.2 Å². The van der Waals surface area contributed by atoms with E-state index in [1.54, 1.807) is 18.2 Å². The molecular formula is C13H14BrClN2O3. The van der Waals surface area contributed by atoms with E-state index >= 15 is 0 Å². The maximum Gasteiger partial charge on any atom is 0.329 e. The number of hydrogen-bond acceptors (Lipinski definition) is 2. The van der Waals surface area contributed by atoms with Crippen LogP contribution in [-0.2, 0) is 4.79 Å². The van der Waals surface area contributed by atoms with Crippen molar-refractivity contribution in [3.63, 3.8) is 0 Å². The number of rotatable bonds is 4. The molecule has 1 aromatic rings. The molecule has 1 saturated carbocycles. The summed E-state index contributed by atoms with van der Waals surface area (Å²) in [4.78, 5) is 23.3. The predicted molar refractivity (Wildman–Crippen MR) is 80.1 cm³/mol. The Morgan fingerprint density at radius 2 is 2.10 bits per heavy atom. The number of carbonyl (C=O) groups is 2. The minimum atomic E-state index is -1.24. The van der Waals surface area contributed by atoms with Gasteiger partial charge in [-0.15, -0.1) is 0 Å². The summed E-state index contributed by atoms with van der Waals surface area (Å²) in [6.45, 7) is 1.52. The zero-order valence-electron chi connectivity index (χ0n) is 10.7. The normalized spacial score (nSPS) is 17.1. The third-order valence-corrected chi connectivity index (χ3v) is 4.20. The largest absolute Gasteiger partial charge is 0.480 e. The molecule has 0 bridgehead atoms. The van der Waals surface area contributed by atoms with Crippen molar-refractivity contribution in [1.29, 1.82) is 0 Å². The first-order chi connectivity index (χ1) is 9.33. The monoisotopic (exact) mass is 360 g/mol. The lowest BCUT2D eigenvalue weighted by Crippen LogP contribution is -2.55. The molecule has 1 aromatic carbocycles. The lowest BCUT2D eigenvalue weighted by Gasteiger charge is -2.26. The quantitative estimate of drug-likeness (QED) is 0.768. The lowest BCUT2D eigenvalue weighted by atomic mass is 9.96. The minimum Gasteiger partial charge on any atom is -0.480 e. The molecule has 0 aromatic heterocycles. The number of hydrogen-bond donors (Lipinski definition) is 3. The highest BCUT2D eigenvalue weighted by Crippen LogP contribution is 2.39. The van der Waals surface area contributed by atoms with Gasteiger partial charge in [0.05, 0.1) is 10.7 Å². The standard InChI is InChI=1S/C13H14BrClN2O3/c1-13(11(18)19,7-2-3-7)17-12(20)16-10-5-4-8(14)6-9(10)15/h4-7H,2-3H2,1H3,(H,18,19)(H2,16,17,20). The number of halogens is 2. The lowest BCUT2D eigenvalue weighted by molar-refractivity contribution is -0.144. The number of carboxylic acid groups (broad SMARTS) is 1. The number of carboxylic acids is 1. The van der Waals surface area contributed by atoms with Gasteiger partial charge < -0.3 is 15.7 Å². The SMILES string of the molecule is CC(NC(=O)Nc1ccc(Br)cc1Cl)(C(=O)O)C1CC1. The van der Waals surface area contributed by atoms with E-state index in [0.717, 1.165) is 17.3 Å². The van der Waals surface area contributed by atoms with Crippen LogP contribution in [0.25, 0.3) is 0 Å². The van der Waals surface area contributed by atoms with Crippen LogP contribution in [0.5, 0.6) is 0 Å². The molecule has 1 aliphatic rings. The van der Waals surface area contributed by atoms with Gasteiger partial charge in [-0.3, -0.25) is 0 Å².